The van der Waals surface area contributed by atoms with Crippen LogP contribution in [0.25, 0.3) is 23.1 Å². The van der Waals surface area contributed by atoms with Crippen molar-refractivity contribution < 1.29 is 19.2 Å². The predicted octanol–water partition coefficient (Wildman–Crippen LogP) is 4.26. The lowest BCUT2D eigenvalue weighted by Crippen LogP contribution is -2.00. The highest BCUT2D eigenvalue weighted by Crippen LogP contribution is 2.24. The van der Waals surface area contributed by atoms with Crippen LogP contribution in [0.2, 0.25) is 5.02 Å². The van der Waals surface area contributed by atoms with Gasteiger partial charge in [0.15, 0.2) is 0 Å². The molecule has 0 fully saturated rings. The number of hydrogen-bond acceptors (Lipinski definition) is 5. The molecule has 0 radical (unpaired) electrons. The first-order valence-electron chi connectivity index (χ1n) is 6.70. The first-order valence-corrected chi connectivity index (χ1v) is 7.08. The van der Waals surface area contributed by atoms with Gasteiger partial charge in [-0.2, -0.15) is 0 Å². The highest BCUT2D eigenvalue weighted by atomic mass is 35.5. The van der Waals surface area contributed by atoms with E-state index in [2.05, 4.69) is 4.98 Å². The third kappa shape index (κ3) is 3.11. The van der Waals surface area contributed by atoms with E-state index in [9.17, 15) is 20.0 Å². The molecule has 3 aromatic rings. The summed E-state index contributed by atoms with van der Waals surface area (Å²) in [4.78, 5) is 25.7. The maximum Gasteiger partial charge on any atom is 0.433 e. The molecular weight excluding hydrogens is 336 g/mol. The number of furan rings is 1. The standard InChI is InChI=1S/C16H9ClN2O5/c17-9-1-5-12-13(16(20)21)8-10(18-14(12)7-9)2-3-11-4-6-15(24-11)19(22)23/h1-8H,(H,20,21)/b3-2+. The van der Waals surface area contributed by atoms with E-state index in [0.717, 1.165) is 0 Å². The van der Waals surface area contributed by atoms with Crippen molar-refractivity contribution in [2.45, 2.75) is 0 Å². The minimum atomic E-state index is -1.09. The molecule has 24 heavy (non-hydrogen) atoms. The van der Waals surface area contributed by atoms with Gasteiger partial charge >= 0.3 is 11.9 Å². The highest BCUT2D eigenvalue weighted by Gasteiger charge is 2.12. The van der Waals surface area contributed by atoms with Crippen molar-refractivity contribution in [2.24, 2.45) is 0 Å². The van der Waals surface area contributed by atoms with E-state index in [-0.39, 0.29) is 17.2 Å². The molecule has 1 N–H and O–H groups in total. The van der Waals surface area contributed by atoms with Gasteiger partial charge in [-0.3, -0.25) is 10.1 Å². The summed E-state index contributed by atoms with van der Waals surface area (Å²) >= 11 is 5.92. The summed E-state index contributed by atoms with van der Waals surface area (Å²) in [6.07, 6.45) is 2.98. The third-order valence-electron chi connectivity index (χ3n) is 3.23. The molecular formula is C16H9ClN2O5. The second kappa shape index (κ2) is 6.13. The lowest BCUT2D eigenvalue weighted by atomic mass is 10.1. The van der Waals surface area contributed by atoms with E-state index in [4.69, 9.17) is 16.0 Å². The Kier molecular flexibility index (Phi) is 4.01. The monoisotopic (exact) mass is 344 g/mol. The quantitative estimate of drug-likeness (QED) is 0.559. The van der Waals surface area contributed by atoms with Gasteiger partial charge < -0.3 is 9.52 Å². The normalized spacial score (nSPS) is 11.2. The number of benzene rings is 1. The van der Waals surface area contributed by atoms with Crippen molar-refractivity contribution in [3.8, 4) is 0 Å². The Morgan fingerprint density at radius 3 is 2.71 bits per heavy atom. The maximum absolute atomic E-state index is 11.4. The summed E-state index contributed by atoms with van der Waals surface area (Å²) in [6.45, 7) is 0. The first-order chi connectivity index (χ1) is 11.4. The van der Waals surface area contributed by atoms with Crippen LogP contribution in [0.1, 0.15) is 21.8 Å². The molecule has 120 valence electrons. The Hall–Kier alpha value is -3.19. The SMILES string of the molecule is O=C(O)c1cc(/C=C/c2ccc([N+](=O)[O-])o2)nc2cc(Cl)ccc12. The lowest BCUT2D eigenvalue weighted by Gasteiger charge is -2.04. The van der Waals surface area contributed by atoms with E-state index in [1.807, 2.05) is 0 Å². The summed E-state index contributed by atoms with van der Waals surface area (Å²) in [5.74, 6) is -1.21. The van der Waals surface area contributed by atoms with E-state index < -0.39 is 10.9 Å². The molecule has 3 rings (SSSR count). The molecule has 0 aliphatic carbocycles. The van der Waals surface area contributed by atoms with Crippen LogP contribution in [-0.4, -0.2) is 21.0 Å². The number of nitro groups is 1. The van der Waals surface area contributed by atoms with Crippen LogP contribution in [0, 0.1) is 10.1 Å². The number of aromatic carboxylic acids is 1. The number of nitrogens with zero attached hydrogens (tertiary/aromatic N) is 2. The average molecular weight is 345 g/mol. The Morgan fingerprint density at radius 2 is 2.04 bits per heavy atom. The highest BCUT2D eigenvalue weighted by molar-refractivity contribution is 6.31. The zero-order valence-corrected chi connectivity index (χ0v) is 12.7. The Morgan fingerprint density at radius 1 is 1.25 bits per heavy atom. The summed E-state index contributed by atoms with van der Waals surface area (Å²) in [7, 11) is 0. The Labute approximate surface area is 140 Å². The van der Waals surface area contributed by atoms with Crippen LogP contribution in [0.5, 0.6) is 0 Å². The zero-order valence-electron chi connectivity index (χ0n) is 12.0. The molecule has 0 aliphatic rings. The van der Waals surface area contributed by atoms with Crippen LogP contribution in [0.3, 0.4) is 0 Å². The van der Waals surface area contributed by atoms with E-state index in [1.165, 1.54) is 30.4 Å². The lowest BCUT2D eigenvalue weighted by molar-refractivity contribution is -0.402. The number of carboxylic acid groups (broad SMARTS) is 1. The van der Waals surface area contributed by atoms with Crippen LogP contribution in [-0.2, 0) is 0 Å². The molecule has 0 atom stereocenters. The van der Waals surface area contributed by atoms with Crippen molar-refractivity contribution in [1.82, 2.24) is 4.98 Å². The first kappa shape index (κ1) is 15.7. The molecule has 7 nitrogen and oxygen atoms in total. The van der Waals surface area contributed by atoms with E-state index in [1.54, 1.807) is 18.2 Å². The van der Waals surface area contributed by atoms with Gasteiger partial charge in [-0.1, -0.05) is 17.7 Å². The summed E-state index contributed by atoms with van der Waals surface area (Å²) in [5.41, 5.74) is 0.885. The largest absolute Gasteiger partial charge is 0.478 e. The van der Waals surface area contributed by atoms with E-state index in [0.29, 0.717) is 21.6 Å². The van der Waals surface area contributed by atoms with Crippen LogP contribution in [0.15, 0.2) is 40.8 Å². The molecule has 2 heterocycles. The molecule has 0 aliphatic heterocycles. The maximum atomic E-state index is 11.4. The molecule has 0 bridgehead atoms. The smallest absolute Gasteiger partial charge is 0.433 e. The van der Waals surface area contributed by atoms with Gasteiger partial charge in [-0.15, -0.1) is 0 Å². The van der Waals surface area contributed by atoms with Gasteiger partial charge in [0.1, 0.15) is 10.7 Å². The van der Waals surface area contributed by atoms with Crippen LogP contribution in [0.4, 0.5) is 5.88 Å². The van der Waals surface area contributed by atoms with Gasteiger partial charge in [0.2, 0.25) is 0 Å². The van der Waals surface area contributed by atoms with Gasteiger partial charge in [0.25, 0.3) is 0 Å². The molecule has 0 saturated carbocycles. The third-order valence-corrected chi connectivity index (χ3v) is 3.47. The summed E-state index contributed by atoms with van der Waals surface area (Å²) < 4.78 is 5.00. The number of carbonyl (C=O) groups is 1. The number of pyridine rings is 1. The van der Waals surface area contributed by atoms with Crippen molar-refractivity contribution in [2.75, 3.05) is 0 Å². The minimum absolute atomic E-state index is 0.0849. The van der Waals surface area contributed by atoms with Crippen molar-refractivity contribution in [1.29, 1.82) is 0 Å². The fraction of sp³-hybridized carbons (Fsp3) is 0. The predicted molar refractivity (Wildman–Crippen MR) is 88.0 cm³/mol. The average Bonchev–Trinajstić information content (AvgIpc) is 3.00. The molecule has 0 amide bonds. The molecule has 2 aromatic heterocycles. The fourth-order valence-electron chi connectivity index (χ4n) is 2.18. The number of rotatable bonds is 4. The van der Waals surface area contributed by atoms with Crippen molar-refractivity contribution in [3.05, 3.63) is 68.6 Å². The number of aromatic nitrogens is 1. The van der Waals surface area contributed by atoms with Gasteiger partial charge in [0.05, 0.1) is 22.8 Å². The molecule has 0 saturated heterocycles. The van der Waals surface area contributed by atoms with Crippen LogP contribution < -0.4 is 0 Å². The van der Waals surface area contributed by atoms with Crippen molar-refractivity contribution >= 4 is 46.5 Å². The second-order valence-electron chi connectivity index (χ2n) is 4.83. The molecule has 8 heteroatoms. The molecule has 1 aromatic carbocycles. The van der Waals surface area contributed by atoms with Gasteiger partial charge in [-0.25, -0.2) is 9.78 Å². The number of hydrogen-bond donors (Lipinski definition) is 1. The molecule has 0 spiro atoms. The number of carboxylic acids is 1. The summed E-state index contributed by atoms with van der Waals surface area (Å²) in [6, 6.07) is 8.83. The van der Waals surface area contributed by atoms with Crippen molar-refractivity contribution in [3.63, 3.8) is 0 Å². The van der Waals surface area contributed by atoms with E-state index >= 15 is 0 Å². The Bertz CT molecular complexity index is 993. The summed E-state index contributed by atoms with van der Waals surface area (Å²) in [5, 5.41) is 20.8. The number of halogens is 1. The Balaban J connectivity index is 2.03. The fourth-order valence-corrected chi connectivity index (χ4v) is 2.35. The van der Waals surface area contributed by atoms with Gasteiger partial charge in [0, 0.05) is 10.4 Å². The van der Waals surface area contributed by atoms with Gasteiger partial charge in [-0.05, 0) is 36.4 Å². The van der Waals surface area contributed by atoms with Crippen LogP contribution >= 0.6 is 11.6 Å². The zero-order chi connectivity index (χ0) is 17.3. The second-order valence-corrected chi connectivity index (χ2v) is 5.26. The minimum Gasteiger partial charge on any atom is -0.478 e. The topological polar surface area (TPSA) is 106 Å². The molecule has 0 unspecified atom stereocenters. The number of fused-ring (bicyclic) bond motifs is 1.